The minimum Gasteiger partial charge on any atom is -0.367 e. The third kappa shape index (κ3) is 6.30. The number of likely N-dealkylation sites (N-methyl/N-ethyl adjacent to an activating group) is 1. The van der Waals surface area contributed by atoms with Gasteiger partial charge in [-0.25, -0.2) is 0 Å². The van der Waals surface area contributed by atoms with Crippen LogP contribution in [0.3, 0.4) is 0 Å². The number of hydrogen-bond donors (Lipinski definition) is 2. The Labute approximate surface area is 203 Å². The van der Waals surface area contributed by atoms with Gasteiger partial charge in [-0.3, -0.25) is 19.2 Å². The Hall–Kier alpha value is -3.04. The first kappa shape index (κ1) is 25.6. The van der Waals surface area contributed by atoms with Crippen molar-refractivity contribution in [2.45, 2.75) is 51.3 Å². The van der Waals surface area contributed by atoms with Crippen LogP contribution in [0.4, 0.5) is 0 Å². The second kappa shape index (κ2) is 10.9. The summed E-state index contributed by atoms with van der Waals surface area (Å²) >= 11 is 1.38. The van der Waals surface area contributed by atoms with Crippen LogP contribution >= 0.6 is 11.3 Å². The number of thiophene rings is 1. The zero-order chi connectivity index (χ0) is 24.9. The summed E-state index contributed by atoms with van der Waals surface area (Å²) in [4.78, 5) is 51.7. The van der Waals surface area contributed by atoms with E-state index in [2.05, 4.69) is 17.4 Å². The summed E-state index contributed by atoms with van der Waals surface area (Å²) in [5.74, 6) is -2.04. The Morgan fingerprint density at radius 3 is 2.56 bits per heavy atom. The number of carbonyl (C=O) groups is 4. The van der Waals surface area contributed by atoms with Crippen molar-refractivity contribution in [3.8, 4) is 0 Å². The molecule has 3 N–H and O–H groups in total. The van der Waals surface area contributed by atoms with Crippen molar-refractivity contribution in [2.75, 3.05) is 13.7 Å². The average molecular weight is 486 g/mol. The first-order valence-electron chi connectivity index (χ1n) is 11.2. The van der Waals surface area contributed by atoms with E-state index in [-0.39, 0.29) is 17.9 Å². The zero-order valence-corrected chi connectivity index (χ0v) is 20.5. The molecule has 8 nitrogen and oxygen atoms in total. The van der Waals surface area contributed by atoms with Gasteiger partial charge in [-0.15, -0.1) is 0 Å². The van der Waals surface area contributed by atoms with E-state index in [9.17, 15) is 19.2 Å². The minimum absolute atomic E-state index is 0.287. The number of nitrogens with zero attached hydrogens (tertiary/aromatic N) is 1. The number of nitrogens with two attached hydrogens (primary N) is 1. The highest BCUT2D eigenvalue weighted by Crippen LogP contribution is 2.30. The van der Waals surface area contributed by atoms with Crippen molar-refractivity contribution in [1.29, 1.82) is 0 Å². The van der Waals surface area contributed by atoms with Crippen LogP contribution in [-0.4, -0.2) is 60.2 Å². The number of aryl methyl sites for hydroxylation is 1. The summed E-state index contributed by atoms with van der Waals surface area (Å²) in [5.41, 5.74) is 6.73. The van der Waals surface area contributed by atoms with Crippen LogP contribution in [0.5, 0.6) is 0 Å². The number of ether oxygens (including phenoxy) is 1. The number of primary amides is 1. The molecule has 1 aliphatic rings. The maximum absolute atomic E-state index is 13.6. The summed E-state index contributed by atoms with van der Waals surface area (Å²) in [6.45, 7) is 3.80. The largest absolute Gasteiger partial charge is 0.367 e. The van der Waals surface area contributed by atoms with Crippen LogP contribution in [0.25, 0.3) is 0 Å². The quantitative estimate of drug-likeness (QED) is 0.535. The number of amides is 3. The van der Waals surface area contributed by atoms with Crippen LogP contribution in [0.15, 0.2) is 47.2 Å². The van der Waals surface area contributed by atoms with Gasteiger partial charge >= 0.3 is 0 Å². The van der Waals surface area contributed by atoms with E-state index in [4.69, 9.17) is 10.5 Å². The monoisotopic (exact) mass is 485 g/mol. The molecule has 3 atom stereocenters. The summed E-state index contributed by atoms with van der Waals surface area (Å²) in [6, 6.07) is 9.72. The first-order chi connectivity index (χ1) is 16.1. The summed E-state index contributed by atoms with van der Waals surface area (Å²) in [6.07, 6.45) is 0.749. The highest BCUT2D eigenvalue weighted by Gasteiger charge is 2.45. The molecule has 9 heteroatoms. The zero-order valence-electron chi connectivity index (χ0n) is 19.7. The van der Waals surface area contributed by atoms with E-state index in [1.807, 2.05) is 32.0 Å². The molecule has 2 aromatic rings. The smallest absolute Gasteiger partial charge is 0.252 e. The molecule has 1 aromatic carbocycles. The number of carbonyl (C=O) groups excluding carboxylic acids is 4. The molecule has 0 bridgehead atoms. The lowest BCUT2D eigenvalue weighted by Gasteiger charge is -2.34. The van der Waals surface area contributed by atoms with Gasteiger partial charge in [0.2, 0.25) is 11.8 Å². The topological polar surface area (TPSA) is 119 Å². The molecule has 3 amide bonds. The number of hydrogen-bond acceptors (Lipinski definition) is 6. The molecular formula is C25H31N3O5S. The van der Waals surface area contributed by atoms with Gasteiger partial charge in [-0.1, -0.05) is 44.2 Å². The fraction of sp³-hybridized carbons (Fsp3) is 0.440. The van der Waals surface area contributed by atoms with Gasteiger partial charge in [0.1, 0.15) is 18.7 Å². The lowest BCUT2D eigenvalue weighted by atomic mass is 9.80. The van der Waals surface area contributed by atoms with E-state index < -0.39 is 35.8 Å². The molecule has 1 fully saturated rings. The third-order valence-electron chi connectivity index (χ3n) is 6.14. The van der Waals surface area contributed by atoms with Gasteiger partial charge in [0.15, 0.2) is 11.9 Å². The molecule has 0 spiro atoms. The molecule has 1 saturated heterocycles. The third-order valence-corrected chi connectivity index (χ3v) is 6.83. The predicted octanol–water partition coefficient (Wildman–Crippen LogP) is 2.18. The molecule has 34 heavy (non-hydrogen) atoms. The summed E-state index contributed by atoms with van der Waals surface area (Å²) in [5, 5.41) is 6.34. The lowest BCUT2D eigenvalue weighted by molar-refractivity contribution is -0.141. The van der Waals surface area contributed by atoms with Gasteiger partial charge in [0, 0.05) is 12.4 Å². The van der Waals surface area contributed by atoms with Gasteiger partial charge in [0.25, 0.3) is 5.91 Å². The van der Waals surface area contributed by atoms with Crippen LogP contribution in [0, 0.1) is 5.41 Å². The Morgan fingerprint density at radius 1 is 1.24 bits per heavy atom. The molecule has 0 aliphatic carbocycles. The van der Waals surface area contributed by atoms with E-state index in [1.54, 1.807) is 16.8 Å². The Kier molecular flexibility index (Phi) is 8.22. The van der Waals surface area contributed by atoms with Crippen molar-refractivity contribution in [2.24, 2.45) is 11.1 Å². The second-order valence-electron chi connectivity index (χ2n) is 9.39. The highest BCUT2D eigenvalue weighted by molar-refractivity contribution is 7.08. The van der Waals surface area contributed by atoms with Crippen LogP contribution in [0.1, 0.15) is 42.6 Å². The van der Waals surface area contributed by atoms with Gasteiger partial charge in [-0.05, 0) is 41.7 Å². The number of nitrogens with one attached hydrogen (secondary N) is 1. The van der Waals surface area contributed by atoms with Crippen LogP contribution < -0.4 is 11.1 Å². The Balaban J connectivity index is 1.79. The number of Topliss-reactive ketones (excluding diaryl/α,β-unsaturated/α-hetero) is 1. The van der Waals surface area contributed by atoms with Gasteiger partial charge in [0.05, 0.1) is 5.56 Å². The van der Waals surface area contributed by atoms with Crippen molar-refractivity contribution in [3.63, 3.8) is 0 Å². The van der Waals surface area contributed by atoms with Gasteiger partial charge < -0.3 is 20.7 Å². The SMILES string of the molecule is CN(C(=O)[C@H](CC(C)(C)CCc1ccccc1)NC(=O)c1ccsc1)C1C(=O)COC1C(N)=O. The summed E-state index contributed by atoms with van der Waals surface area (Å²) < 4.78 is 5.21. The second-order valence-corrected chi connectivity index (χ2v) is 10.2. The number of rotatable bonds is 10. The van der Waals surface area contributed by atoms with Crippen molar-refractivity contribution < 1.29 is 23.9 Å². The molecule has 1 aliphatic heterocycles. The fourth-order valence-corrected chi connectivity index (χ4v) is 4.81. The molecule has 3 rings (SSSR count). The maximum Gasteiger partial charge on any atom is 0.252 e. The van der Waals surface area contributed by atoms with Crippen LogP contribution in [0.2, 0.25) is 0 Å². The molecule has 2 heterocycles. The van der Waals surface area contributed by atoms with E-state index in [1.165, 1.54) is 28.8 Å². The lowest BCUT2D eigenvalue weighted by Crippen LogP contribution is -2.56. The minimum atomic E-state index is -1.21. The maximum atomic E-state index is 13.6. The predicted molar refractivity (Wildman–Crippen MR) is 129 cm³/mol. The molecule has 182 valence electrons. The van der Waals surface area contributed by atoms with Gasteiger partial charge in [-0.2, -0.15) is 11.3 Å². The Bertz CT molecular complexity index is 1020. The van der Waals surface area contributed by atoms with Crippen LogP contribution in [-0.2, 0) is 25.5 Å². The van der Waals surface area contributed by atoms with Crippen molar-refractivity contribution in [3.05, 3.63) is 58.3 Å². The fourth-order valence-electron chi connectivity index (χ4n) is 4.17. The molecular weight excluding hydrogens is 454 g/mol. The molecule has 0 saturated carbocycles. The molecule has 1 aromatic heterocycles. The van der Waals surface area contributed by atoms with E-state index >= 15 is 0 Å². The van der Waals surface area contributed by atoms with Crippen molar-refractivity contribution >= 4 is 34.8 Å². The first-order valence-corrected chi connectivity index (χ1v) is 12.1. The Morgan fingerprint density at radius 2 is 1.94 bits per heavy atom. The van der Waals surface area contributed by atoms with E-state index in [0.29, 0.717) is 12.0 Å². The number of benzene rings is 1. The summed E-state index contributed by atoms with van der Waals surface area (Å²) in [7, 11) is 1.44. The molecule has 2 unspecified atom stereocenters. The highest BCUT2D eigenvalue weighted by atomic mass is 32.1. The van der Waals surface area contributed by atoms with Crippen molar-refractivity contribution in [1.82, 2.24) is 10.2 Å². The standard InChI is InChI=1S/C25H31N3O5S/c1-25(2,11-9-16-7-5-4-6-8-16)13-18(27-23(31)17-10-12-34-15-17)24(32)28(3)20-19(29)14-33-21(20)22(26)30/h4-8,10,12,15,18,20-21H,9,11,13-14H2,1-3H3,(H2,26,30)(H,27,31)/t18-,20?,21?/m0/s1. The van der Waals surface area contributed by atoms with E-state index in [0.717, 1.165) is 12.8 Å². The number of ketones is 1. The average Bonchev–Trinajstić information content (AvgIpc) is 3.47. The molecule has 0 radical (unpaired) electrons. The normalized spacial score (nSPS) is 19.0.